The third kappa shape index (κ3) is 11.9. The molecular weight excluding hydrogens is 1510 g/mol. The standard InChI is InChI=1S/C116H72N6O2/c1-4-26-73(27-5-1)79-33-23-41-90(67-79)113-119-110(76-30-8-3-9-31-76)120-114(122-113)92-43-25-40-86(69-92)81-35-22-38-84(66-81)89-60-63-104-108(72-89)124-107-71-88(59-62-103(107)116(104)99-50-16-12-46-95(99)96-47-13-17-51-100(96)116)82-36-20-32-78(64-82)74-54-56-77(57-55-74)111-117-109(75-28-6-2-7-29-75)118-112(121-111)91-42-24-39-85(68-91)80-34-21-37-83(65-80)87-58-61-102-106(70-87)123-105-53-19-18-52-101(105)115(102)97-48-14-10-44-93(97)94-45-11-15-49-98(94)115/h1-72H. The van der Waals surface area contributed by atoms with E-state index in [1.54, 1.807) is 0 Å². The van der Waals surface area contributed by atoms with E-state index in [9.17, 15) is 0 Å². The number of para-hydroxylation sites is 1. The molecule has 2 spiro atoms. The summed E-state index contributed by atoms with van der Waals surface area (Å²) >= 11 is 0. The van der Waals surface area contributed by atoms with Gasteiger partial charge in [-0.2, -0.15) is 0 Å². The SMILES string of the molecule is c1ccc(-c2cccc(-c3nc(-c4ccccc4)nc(-c4cccc(-c5cccc(-c6ccc7c(c6)Oc6cc(-c8cccc(-c9ccc(-c%10nc(-c%11ccccc%11)nc(-c%11cccc(-c%12cccc(-c%13ccc%14c(c%13)Oc%13ccccc%13C%14%13c%14ccccc%14-c%14ccccc%14%13)c%12)c%11)n%10)cc9)c8)ccc6C76c7ccccc7-c7ccccc76)c5)c4)n3)c2)cc1. The molecule has 0 unspecified atom stereocenters. The van der Waals surface area contributed by atoms with Crippen LogP contribution in [0.15, 0.2) is 437 Å². The van der Waals surface area contributed by atoms with Crippen molar-refractivity contribution < 1.29 is 9.47 Å². The topological polar surface area (TPSA) is 95.8 Å². The largest absolute Gasteiger partial charge is 0.457 e. The van der Waals surface area contributed by atoms with Crippen LogP contribution in [0, 0.1) is 0 Å². The van der Waals surface area contributed by atoms with Crippen LogP contribution in [-0.4, -0.2) is 29.9 Å². The zero-order valence-corrected chi connectivity index (χ0v) is 67.1. The number of nitrogens with zero attached hydrogens (tertiary/aromatic N) is 6. The summed E-state index contributed by atoms with van der Waals surface area (Å²) in [7, 11) is 0. The Morgan fingerprint density at radius 2 is 0.323 bits per heavy atom. The Hall–Kier alpha value is -16.4. The van der Waals surface area contributed by atoms with Gasteiger partial charge >= 0.3 is 0 Å². The highest BCUT2D eigenvalue weighted by atomic mass is 16.5. The Labute approximate surface area is 718 Å². The zero-order valence-electron chi connectivity index (χ0n) is 67.1. The van der Waals surface area contributed by atoms with E-state index in [1.807, 2.05) is 54.6 Å². The quantitative estimate of drug-likeness (QED) is 0.113. The number of rotatable bonds is 13. The number of hydrogen-bond acceptors (Lipinski definition) is 8. The summed E-state index contributed by atoms with van der Waals surface area (Å²) in [5, 5.41) is 0. The number of ether oxygens (including phenoxy) is 2. The molecule has 0 N–H and O–H groups in total. The number of aromatic nitrogens is 6. The second-order valence-corrected chi connectivity index (χ2v) is 32.3. The van der Waals surface area contributed by atoms with Crippen LogP contribution in [0.4, 0.5) is 0 Å². The molecule has 0 saturated heterocycles. The third-order valence-electron chi connectivity index (χ3n) is 25.3. The molecule has 0 radical (unpaired) electrons. The summed E-state index contributed by atoms with van der Waals surface area (Å²) in [4.78, 5) is 31.1. The van der Waals surface area contributed by atoms with Crippen molar-refractivity contribution in [1.82, 2.24) is 29.9 Å². The van der Waals surface area contributed by atoms with Gasteiger partial charge in [-0.05, 0) is 183 Å². The van der Waals surface area contributed by atoms with Gasteiger partial charge in [-0.25, -0.2) is 29.9 Å². The maximum Gasteiger partial charge on any atom is 0.164 e. The first kappa shape index (κ1) is 71.7. The molecule has 24 rings (SSSR count). The van der Waals surface area contributed by atoms with Gasteiger partial charge in [0.25, 0.3) is 0 Å². The third-order valence-corrected chi connectivity index (χ3v) is 25.3. The molecule has 18 aromatic carbocycles. The highest BCUT2D eigenvalue weighted by molar-refractivity contribution is 5.93. The fourth-order valence-electron chi connectivity index (χ4n) is 19.6. The van der Waals surface area contributed by atoms with Gasteiger partial charge < -0.3 is 9.47 Å². The Balaban J connectivity index is 0.534. The molecule has 8 heteroatoms. The van der Waals surface area contributed by atoms with Gasteiger partial charge in [0.15, 0.2) is 34.9 Å². The number of benzene rings is 18. The molecule has 20 aromatic rings. The Bertz CT molecular complexity index is 7600. The van der Waals surface area contributed by atoms with E-state index in [2.05, 4.69) is 382 Å². The van der Waals surface area contributed by atoms with Gasteiger partial charge in [0.05, 0.1) is 10.8 Å². The summed E-state index contributed by atoms with van der Waals surface area (Å²) in [6, 6.07) is 156. The fraction of sp³-hybridized carbons (Fsp3) is 0.0172. The first-order valence-electron chi connectivity index (χ1n) is 42.1. The lowest BCUT2D eigenvalue weighted by molar-refractivity contribution is 0.436. The van der Waals surface area contributed by atoms with Crippen LogP contribution in [0.1, 0.15) is 44.5 Å². The molecule has 0 fully saturated rings. The minimum absolute atomic E-state index is 0.530. The first-order chi connectivity index (χ1) is 61.4. The summed E-state index contributed by atoms with van der Waals surface area (Å²) in [5.41, 5.74) is 33.5. The molecule has 4 aliphatic rings. The predicted molar refractivity (Wildman–Crippen MR) is 499 cm³/mol. The highest BCUT2D eigenvalue weighted by Crippen LogP contribution is 2.65. The second kappa shape index (κ2) is 29.2. The maximum atomic E-state index is 7.41. The summed E-state index contributed by atoms with van der Waals surface area (Å²) in [6.45, 7) is 0. The van der Waals surface area contributed by atoms with Crippen molar-refractivity contribution >= 4 is 0 Å². The van der Waals surface area contributed by atoms with Crippen LogP contribution in [0.2, 0.25) is 0 Å². The molecular formula is C116H72N6O2. The Morgan fingerprint density at radius 3 is 0.653 bits per heavy atom. The first-order valence-corrected chi connectivity index (χ1v) is 42.1. The van der Waals surface area contributed by atoms with Crippen LogP contribution in [0.5, 0.6) is 23.0 Å². The fourth-order valence-corrected chi connectivity index (χ4v) is 19.6. The Morgan fingerprint density at radius 1 is 0.129 bits per heavy atom. The lowest BCUT2D eigenvalue weighted by Gasteiger charge is -2.39. The van der Waals surface area contributed by atoms with Crippen molar-refractivity contribution in [2.45, 2.75) is 10.8 Å². The van der Waals surface area contributed by atoms with Crippen molar-refractivity contribution in [3.63, 3.8) is 0 Å². The van der Waals surface area contributed by atoms with Crippen LogP contribution in [0.3, 0.4) is 0 Å². The molecule has 0 bridgehead atoms. The minimum atomic E-state index is -0.670. The van der Waals surface area contributed by atoms with E-state index in [4.69, 9.17) is 39.4 Å². The number of hydrogen-bond donors (Lipinski definition) is 0. The molecule has 0 amide bonds. The minimum Gasteiger partial charge on any atom is -0.457 e. The summed E-state index contributed by atoms with van der Waals surface area (Å²) in [6.07, 6.45) is 0. The lowest BCUT2D eigenvalue weighted by Crippen LogP contribution is -2.32. The van der Waals surface area contributed by atoms with Crippen LogP contribution >= 0.6 is 0 Å². The smallest absolute Gasteiger partial charge is 0.164 e. The van der Waals surface area contributed by atoms with Crippen LogP contribution in [-0.2, 0) is 10.8 Å². The van der Waals surface area contributed by atoms with E-state index < -0.39 is 10.8 Å². The molecule has 0 saturated carbocycles. The van der Waals surface area contributed by atoms with Crippen molar-refractivity contribution in [2.75, 3.05) is 0 Å². The van der Waals surface area contributed by atoms with Gasteiger partial charge in [0.1, 0.15) is 23.0 Å². The predicted octanol–water partition coefficient (Wildman–Crippen LogP) is 28.7. The van der Waals surface area contributed by atoms with Gasteiger partial charge in [-0.1, -0.05) is 376 Å². The molecule has 0 atom stereocenters. The van der Waals surface area contributed by atoms with E-state index in [0.717, 1.165) is 157 Å². The highest BCUT2D eigenvalue weighted by Gasteiger charge is 2.53. The monoisotopic (exact) mass is 1580 g/mol. The van der Waals surface area contributed by atoms with E-state index in [0.29, 0.717) is 34.9 Å². The van der Waals surface area contributed by atoms with Crippen LogP contribution < -0.4 is 9.47 Å². The molecule has 578 valence electrons. The maximum absolute atomic E-state index is 7.41. The molecule has 2 aliphatic carbocycles. The van der Waals surface area contributed by atoms with E-state index in [1.165, 1.54) is 44.5 Å². The van der Waals surface area contributed by atoms with Crippen molar-refractivity contribution in [3.8, 4) is 191 Å². The molecule has 2 aliphatic heterocycles. The van der Waals surface area contributed by atoms with Crippen molar-refractivity contribution in [1.29, 1.82) is 0 Å². The van der Waals surface area contributed by atoms with Gasteiger partial charge in [0, 0.05) is 55.6 Å². The van der Waals surface area contributed by atoms with Gasteiger partial charge in [0.2, 0.25) is 0 Å². The van der Waals surface area contributed by atoms with Gasteiger partial charge in [-0.15, -0.1) is 0 Å². The van der Waals surface area contributed by atoms with Crippen molar-refractivity contribution in [3.05, 3.63) is 481 Å². The van der Waals surface area contributed by atoms with Gasteiger partial charge in [-0.3, -0.25) is 0 Å². The molecule has 124 heavy (non-hydrogen) atoms. The van der Waals surface area contributed by atoms with Crippen molar-refractivity contribution in [2.24, 2.45) is 0 Å². The summed E-state index contributed by atoms with van der Waals surface area (Å²) < 4.78 is 14.3. The average molecular weight is 1580 g/mol. The summed E-state index contributed by atoms with van der Waals surface area (Å²) in [5.74, 6) is 6.90. The molecule has 8 nitrogen and oxygen atoms in total. The zero-order chi connectivity index (χ0) is 81.8. The molecule has 4 heterocycles. The van der Waals surface area contributed by atoms with E-state index >= 15 is 0 Å². The lowest BCUT2D eigenvalue weighted by atomic mass is 9.65. The van der Waals surface area contributed by atoms with Crippen LogP contribution in [0.25, 0.3) is 168 Å². The average Bonchev–Trinajstić information content (AvgIpc) is 1.51. The molecule has 2 aromatic heterocycles. The normalized spacial score (nSPS) is 12.9. The van der Waals surface area contributed by atoms with E-state index in [-0.39, 0.29) is 0 Å². The number of fused-ring (bicyclic) bond motifs is 18. The second-order valence-electron chi connectivity index (χ2n) is 32.3. The Kier molecular flexibility index (Phi) is 16.9.